The Kier molecular flexibility index (Phi) is 4.35. The van der Waals surface area contributed by atoms with Crippen LogP contribution in [0.2, 0.25) is 0 Å². The maximum atomic E-state index is 11.7. The van der Waals surface area contributed by atoms with Gasteiger partial charge >= 0.3 is 0 Å². The fourth-order valence-electron chi connectivity index (χ4n) is 2.65. The average Bonchev–Trinajstić information content (AvgIpc) is 2.61. The predicted molar refractivity (Wildman–Crippen MR) is 93.8 cm³/mol. The third-order valence-electron chi connectivity index (χ3n) is 3.75. The number of nitro groups is 1. The van der Waals surface area contributed by atoms with Crippen molar-refractivity contribution in [3.63, 3.8) is 0 Å². The van der Waals surface area contributed by atoms with Gasteiger partial charge in [-0.3, -0.25) is 14.7 Å². The normalized spacial score (nSPS) is 11.2. The quantitative estimate of drug-likeness (QED) is 0.430. The first-order chi connectivity index (χ1) is 11.9. The van der Waals surface area contributed by atoms with Gasteiger partial charge in [0.1, 0.15) is 4.90 Å². The number of nitrogens with zero attached hydrogens (tertiary/aromatic N) is 1. The van der Waals surface area contributed by atoms with Gasteiger partial charge in [-0.15, -0.1) is 0 Å². The highest BCUT2D eigenvalue weighted by molar-refractivity contribution is 7.86. The molecule has 25 heavy (non-hydrogen) atoms. The van der Waals surface area contributed by atoms with Gasteiger partial charge in [-0.1, -0.05) is 54.6 Å². The molecule has 3 aromatic rings. The zero-order valence-electron chi connectivity index (χ0n) is 12.9. The number of rotatable bonds is 4. The van der Waals surface area contributed by atoms with Gasteiger partial charge in [0.25, 0.3) is 15.8 Å². The van der Waals surface area contributed by atoms with Gasteiger partial charge in [-0.2, -0.15) is 8.42 Å². The summed E-state index contributed by atoms with van der Waals surface area (Å²) < 4.78 is 33.0. The Hall–Kier alpha value is -3.03. The maximum absolute atomic E-state index is 11.7. The highest BCUT2D eigenvalue weighted by Gasteiger charge is 2.22. The number of hydrogen-bond donors (Lipinski definition) is 1. The molecule has 3 aromatic carbocycles. The van der Waals surface area contributed by atoms with Gasteiger partial charge in [0.15, 0.2) is 0 Å². The first-order valence-corrected chi connectivity index (χ1v) is 8.72. The van der Waals surface area contributed by atoms with Crippen LogP contribution < -0.4 is 0 Å². The smallest absolute Gasteiger partial charge is 0.282 e. The first kappa shape index (κ1) is 16.8. The third-order valence-corrected chi connectivity index (χ3v) is 4.67. The van der Waals surface area contributed by atoms with Crippen molar-refractivity contribution in [2.45, 2.75) is 4.90 Å². The molecule has 0 aliphatic heterocycles. The van der Waals surface area contributed by atoms with E-state index in [4.69, 9.17) is 0 Å². The molecule has 0 radical (unpaired) electrons. The summed E-state index contributed by atoms with van der Waals surface area (Å²) in [5.74, 6) is 0. The average molecular weight is 355 g/mol. The van der Waals surface area contributed by atoms with Crippen LogP contribution in [0.4, 0.5) is 5.69 Å². The van der Waals surface area contributed by atoms with E-state index >= 15 is 0 Å². The van der Waals surface area contributed by atoms with Gasteiger partial charge in [0.05, 0.1) is 4.92 Å². The van der Waals surface area contributed by atoms with Gasteiger partial charge in [-0.05, 0) is 22.8 Å². The lowest BCUT2D eigenvalue weighted by molar-refractivity contribution is -0.384. The molecule has 0 heterocycles. The van der Waals surface area contributed by atoms with Crippen molar-refractivity contribution in [1.29, 1.82) is 0 Å². The molecular weight excluding hydrogens is 342 g/mol. The van der Waals surface area contributed by atoms with Crippen LogP contribution in [-0.2, 0) is 10.1 Å². The Morgan fingerprint density at radius 2 is 1.40 bits per heavy atom. The van der Waals surface area contributed by atoms with E-state index in [1.807, 2.05) is 30.3 Å². The van der Waals surface area contributed by atoms with E-state index in [0.717, 1.165) is 23.8 Å². The summed E-state index contributed by atoms with van der Waals surface area (Å²) in [6.45, 7) is 0. The molecule has 0 unspecified atom stereocenters. The van der Waals surface area contributed by atoms with Crippen molar-refractivity contribution >= 4 is 15.8 Å². The Labute approximate surface area is 144 Å². The molecule has 1 N–H and O–H groups in total. The topological polar surface area (TPSA) is 97.5 Å². The van der Waals surface area contributed by atoms with E-state index in [1.165, 1.54) is 0 Å². The van der Waals surface area contributed by atoms with Crippen LogP contribution in [0.25, 0.3) is 22.3 Å². The molecule has 0 aliphatic rings. The summed E-state index contributed by atoms with van der Waals surface area (Å²) in [6.07, 6.45) is 0. The molecule has 126 valence electrons. The minimum absolute atomic E-state index is 0.0798. The Bertz CT molecular complexity index is 1050. The first-order valence-electron chi connectivity index (χ1n) is 7.28. The highest BCUT2D eigenvalue weighted by Crippen LogP contribution is 2.37. The minimum Gasteiger partial charge on any atom is -0.282 e. The van der Waals surface area contributed by atoms with Gasteiger partial charge in [0.2, 0.25) is 0 Å². The molecule has 0 fully saturated rings. The molecule has 7 heteroatoms. The Balaban J connectivity index is 2.34. The van der Waals surface area contributed by atoms with Crippen molar-refractivity contribution in [1.82, 2.24) is 0 Å². The van der Waals surface area contributed by atoms with Crippen LogP contribution in [0, 0.1) is 10.1 Å². The zero-order chi connectivity index (χ0) is 18.0. The fourth-order valence-corrected chi connectivity index (χ4v) is 3.34. The van der Waals surface area contributed by atoms with Crippen LogP contribution in [0.3, 0.4) is 0 Å². The minimum atomic E-state index is -4.55. The summed E-state index contributed by atoms with van der Waals surface area (Å²) in [4.78, 5) is 10.1. The second-order valence-electron chi connectivity index (χ2n) is 5.32. The number of hydrogen-bond acceptors (Lipinski definition) is 4. The third kappa shape index (κ3) is 3.42. The molecule has 0 saturated carbocycles. The molecule has 0 aliphatic carbocycles. The molecule has 0 spiro atoms. The summed E-state index contributed by atoms with van der Waals surface area (Å²) >= 11 is 0. The van der Waals surface area contributed by atoms with Gasteiger partial charge in [-0.25, -0.2) is 0 Å². The monoisotopic (exact) mass is 355 g/mol. The second kappa shape index (κ2) is 6.46. The van der Waals surface area contributed by atoms with E-state index in [-0.39, 0.29) is 16.1 Å². The molecule has 0 aromatic heterocycles. The lowest BCUT2D eigenvalue weighted by Crippen LogP contribution is -2.02. The number of nitro benzene ring substituents is 1. The standard InChI is InChI=1S/C18H13NO5S/c20-19(21)14-10-11-18(25(22,23)24)17(12-14)16-9-5-4-8-15(16)13-6-2-1-3-7-13/h1-12H,(H,22,23,24). The van der Waals surface area contributed by atoms with Gasteiger partial charge < -0.3 is 0 Å². The van der Waals surface area contributed by atoms with Crippen molar-refractivity contribution in [3.05, 3.63) is 82.9 Å². The van der Waals surface area contributed by atoms with E-state index in [0.29, 0.717) is 11.1 Å². The lowest BCUT2D eigenvalue weighted by atomic mass is 9.94. The van der Waals surface area contributed by atoms with Crippen LogP contribution in [0.5, 0.6) is 0 Å². The largest absolute Gasteiger partial charge is 0.295 e. The zero-order valence-corrected chi connectivity index (χ0v) is 13.7. The Morgan fingerprint density at radius 1 is 0.800 bits per heavy atom. The van der Waals surface area contributed by atoms with E-state index < -0.39 is 15.0 Å². The van der Waals surface area contributed by atoms with Crippen molar-refractivity contribution in [2.24, 2.45) is 0 Å². The van der Waals surface area contributed by atoms with Crippen LogP contribution in [0.15, 0.2) is 77.7 Å². The van der Waals surface area contributed by atoms with Gasteiger partial charge in [0, 0.05) is 17.7 Å². The van der Waals surface area contributed by atoms with E-state index in [9.17, 15) is 23.1 Å². The maximum Gasteiger partial charge on any atom is 0.295 e. The molecule has 0 bridgehead atoms. The SMILES string of the molecule is O=[N+]([O-])c1ccc(S(=O)(=O)O)c(-c2ccccc2-c2ccccc2)c1. The lowest BCUT2D eigenvalue weighted by Gasteiger charge is -2.13. The summed E-state index contributed by atoms with van der Waals surface area (Å²) in [6, 6.07) is 19.4. The van der Waals surface area contributed by atoms with Crippen LogP contribution in [0.1, 0.15) is 0 Å². The summed E-state index contributed by atoms with van der Waals surface area (Å²) in [7, 11) is -4.55. The highest BCUT2D eigenvalue weighted by atomic mass is 32.2. The van der Waals surface area contributed by atoms with Crippen LogP contribution in [-0.4, -0.2) is 17.9 Å². The van der Waals surface area contributed by atoms with E-state index in [2.05, 4.69) is 0 Å². The van der Waals surface area contributed by atoms with Crippen LogP contribution >= 0.6 is 0 Å². The summed E-state index contributed by atoms with van der Waals surface area (Å²) in [5.41, 5.74) is 1.82. The number of benzene rings is 3. The summed E-state index contributed by atoms with van der Waals surface area (Å²) in [5, 5.41) is 11.1. The van der Waals surface area contributed by atoms with Crippen molar-refractivity contribution < 1.29 is 17.9 Å². The van der Waals surface area contributed by atoms with Crippen molar-refractivity contribution in [3.8, 4) is 22.3 Å². The molecule has 0 amide bonds. The molecular formula is C18H13NO5S. The number of non-ortho nitro benzene ring substituents is 1. The van der Waals surface area contributed by atoms with Crippen molar-refractivity contribution in [2.75, 3.05) is 0 Å². The molecule has 6 nitrogen and oxygen atoms in total. The molecule has 0 atom stereocenters. The van der Waals surface area contributed by atoms with E-state index in [1.54, 1.807) is 24.3 Å². The second-order valence-corrected chi connectivity index (χ2v) is 6.71. The molecule has 0 saturated heterocycles. The molecule has 3 rings (SSSR count). The Morgan fingerprint density at radius 3 is 2.00 bits per heavy atom. The predicted octanol–water partition coefficient (Wildman–Crippen LogP) is 4.18. The fraction of sp³-hybridized carbons (Fsp3) is 0.